The summed E-state index contributed by atoms with van der Waals surface area (Å²) in [5.74, 6) is -0.374. The van der Waals surface area contributed by atoms with Crippen LogP contribution in [0.2, 0.25) is 0 Å². The van der Waals surface area contributed by atoms with Crippen molar-refractivity contribution in [3.8, 4) is 0 Å². The predicted molar refractivity (Wildman–Crippen MR) is 52.8 cm³/mol. The van der Waals surface area contributed by atoms with Crippen LogP contribution in [0, 0.1) is 0 Å². The summed E-state index contributed by atoms with van der Waals surface area (Å²) in [5.41, 5.74) is 11.7. The number of hydrogen-bond donors (Lipinski definition) is 2. The van der Waals surface area contributed by atoms with Crippen molar-refractivity contribution >= 4 is 33.2 Å². The van der Waals surface area contributed by atoms with Crippen LogP contribution in [0.25, 0.3) is 0 Å². The molecule has 12 heavy (non-hydrogen) atoms. The number of primary amides is 1. The SMILES string of the molecule is NC(=O)C[C@@H](N)c1cscc1Br. The number of rotatable bonds is 3. The van der Waals surface area contributed by atoms with Gasteiger partial charge in [0.1, 0.15) is 0 Å². The quantitative estimate of drug-likeness (QED) is 0.849. The lowest BCUT2D eigenvalue weighted by Gasteiger charge is -2.07. The molecule has 3 nitrogen and oxygen atoms in total. The number of thiophene rings is 1. The lowest BCUT2D eigenvalue weighted by Crippen LogP contribution is -2.20. The molecule has 1 amide bonds. The van der Waals surface area contributed by atoms with Gasteiger partial charge in [-0.1, -0.05) is 0 Å². The summed E-state index contributed by atoms with van der Waals surface area (Å²) in [7, 11) is 0. The van der Waals surface area contributed by atoms with Crippen molar-refractivity contribution in [2.45, 2.75) is 12.5 Å². The van der Waals surface area contributed by atoms with Gasteiger partial charge in [0.25, 0.3) is 0 Å². The van der Waals surface area contributed by atoms with Crippen LogP contribution in [0.15, 0.2) is 15.2 Å². The van der Waals surface area contributed by atoms with Crippen LogP contribution >= 0.6 is 27.3 Å². The largest absolute Gasteiger partial charge is 0.370 e. The maximum atomic E-state index is 10.5. The second-order valence-electron chi connectivity index (χ2n) is 2.45. The van der Waals surface area contributed by atoms with Gasteiger partial charge >= 0.3 is 0 Å². The third kappa shape index (κ3) is 2.30. The Hall–Kier alpha value is -0.390. The molecule has 1 rings (SSSR count). The molecule has 1 atom stereocenters. The fourth-order valence-electron chi connectivity index (χ4n) is 0.883. The van der Waals surface area contributed by atoms with Crippen molar-refractivity contribution in [1.29, 1.82) is 0 Å². The summed E-state index contributed by atoms with van der Waals surface area (Å²) in [6, 6.07) is -0.289. The zero-order chi connectivity index (χ0) is 9.14. The van der Waals surface area contributed by atoms with Gasteiger partial charge in [-0.05, 0) is 26.9 Å². The minimum Gasteiger partial charge on any atom is -0.370 e. The Morgan fingerprint density at radius 1 is 1.67 bits per heavy atom. The van der Waals surface area contributed by atoms with E-state index in [0.29, 0.717) is 0 Å². The van der Waals surface area contributed by atoms with E-state index in [9.17, 15) is 4.79 Å². The van der Waals surface area contributed by atoms with Gasteiger partial charge in [-0.2, -0.15) is 11.3 Å². The summed E-state index contributed by atoms with van der Waals surface area (Å²) in [6.07, 6.45) is 0.190. The molecule has 4 N–H and O–H groups in total. The molecular formula is C7H9BrN2OS. The summed E-state index contributed by atoms with van der Waals surface area (Å²) < 4.78 is 0.946. The maximum absolute atomic E-state index is 10.5. The van der Waals surface area contributed by atoms with E-state index in [1.54, 1.807) is 11.3 Å². The number of nitrogens with two attached hydrogens (primary N) is 2. The van der Waals surface area contributed by atoms with E-state index in [0.717, 1.165) is 10.0 Å². The highest BCUT2D eigenvalue weighted by molar-refractivity contribution is 9.10. The molecule has 0 aliphatic heterocycles. The van der Waals surface area contributed by atoms with Crippen LogP contribution in [0.3, 0.4) is 0 Å². The minimum atomic E-state index is -0.374. The Bertz CT molecular complexity index is 287. The standard InChI is InChI=1S/C7H9BrN2OS/c8-5-3-12-2-4(5)6(9)1-7(10)11/h2-3,6H,1,9H2,(H2,10,11)/t6-/m1/s1. The first kappa shape index (κ1) is 9.70. The monoisotopic (exact) mass is 248 g/mol. The molecule has 0 saturated heterocycles. The van der Waals surface area contributed by atoms with Crippen molar-refractivity contribution in [3.63, 3.8) is 0 Å². The first-order valence-corrected chi connectivity index (χ1v) is 5.10. The van der Waals surface area contributed by atoms with Crippen LogP contribution in [0.4, 0.5) is 0 Å². The van der Waals surface area contributed by atoms with Gasteiger partial charge in [0.15, 0.2) is 0 Å². The Balaban J connectivity index is 2.71. The molecule has 0 saturated carbocycles. The van der Waals surface area contributed by atoms with E-state index in [-0.39, 0.29) is 18.4 Å². The maximum Gasteiger partial charge on any atom is 0.219 e. The molecular weight excluding hydrogens is 240 g/mol. The second-order valence-corrected chi connectivity index (χ2v) is 4.05. The fourth-order valence-corrected chi connectivity index (χ4v) is 2.54. The zero-order valence-corrected chi connectivity index (χ0v) is 8.69. The van der Waals surface area contributed by atoms with Gasteiger partial charge in [0.2, 0.25) is 5.91 Å². The molecule has 1 heterocycles. The fraction of sp³-hybridized carbons (Fsp3) is 0.286. The van der Waals surface area contributed by atoms with E-state index < -0.39 is 0 Å². The number of halogens is 1. The molecule has 66 valence electrons. The first-order chi connectivity index (χ1) is 5.61. The number of amides is 1. The second kappa shape index (κ2) is 4.02. The molecule has 0 aromatic carbocycles. The van der Waals surface area contributed by atoms with E-state index >= 15 is 0 Å². The molecule has 0 unspecified atom stereocenters. The molecule has 0 aliphatic carbocycles. The number of carbonyl (C=O) groups excluding carboxylic acids is 1. The lowest BCUT2D eigenvalue weighted by atomic mass is 10.1. The van der Waals surface area contributed by atoms with Crippen LogP contribution in [0.1, 0.15) is 18.0 Å². The smallest absolute Gasteiger partial charge is 0.219 e. The van der Waals surface area contributed by atoms with Gasteiger partial charge in [0, 0.05) is 22.3 Å². The van der Waals surface area contributed by atoms with Crippen molar-refractivity contribution in [3.05, 3.63) is 20.8 Å². The Morgan fingerprint density at radius 3 is 2.75 bits per heavy atom. The van der Waals surface area contributed by atoms with Crippen molar-refractivity contribution in [2.75, 3.05) is 0 Å². The molecule has 1 aromatic rings. The van der Waals surface area contributed by atoms with E-state index in [2.05, 4.69) is 15.9 Å². The summed E-state index contributed by atoms with van der Waals surface area (Å²) in [5, 5.41) is 3.84. The lowest BCUT2D eigenvalue weighted by molar-refractivity contribution is -0.118. The van der Waals surface area contributed by atoms with Crippen LogP contribution in [-0.2, 0) is 4.79 Å². The third-order valence-corrected chi connectivity index (χ3v) is 3.21. The van der Waals surface area contributed by atoms with E-state index in [1.165, 1.54) is 0 Å². The summed E-state index contributed by atoms with van der Waals surface area (Å²) in [4.78, 5) is 10.5. The molecule has 1 aromatic heterocycles. The normalized spacial score (nSPS) is 12.8. The van der Waals surface area contributed by atoms with E-state index in [1.807, 2.05) is 10.8 Å². The summed E-state index contributed by atoms with van der Waals surface area (Å²) >= 11 is 4.88. The first-order valence-electron chi connectivity index (χ1n) is 3.36. The van der Waals surface area contributed by atoms with Crippen molar-refractivity contribution < 1.29 is 4.79 Å². The van der Waals surface area contributed by atoms with Crippen molar-refractivity contribution in [1.82, 2.24) is 0 Å². The highest BCUT2D eigenvalue weighted by Crippen LogP contribution is 2.27. The Morgan fingerprint density at radius 2 is 2.33 bits per heavy atom. The van der Waals surface area contributed by atoms with Gasteiger partial charge in [-0.15, -0.1) is 0 Å². The van der Waals surface area contributed by atoms with Crippen LogP contribution < -0.4 is 11.5 Å². The third-order valence-electron chi connectivity index (χ3n) is 1.46. The van der Waals surface area contributed by atoms with Gasteiger partial charge in [0.05, 0.1) is 0 Å². The highest BCUT2D eigenvalue weighted by Gasteiger charge is 2.12. The predicted octanol–water partition coefficient (Wildman–Crippen LogP) is 1.39. The van der Waals surface area contributed by atoms with Gasteiger partial charge in [-0.3, -0.25) is 4.79 Å². The molecule has 0 radical (unpaired) electrons. The minimum absolute atomic E-state index is 0.190. The summed E-state index contributed by atoms with van der Waals surface area (Å²) in [6.45, 7) is 0. The zero-order valence-electron chi connectivity index (χ0n) is 6.29. The van der Waals surface area contributed by atoms with Gasteiger partial charge in [-0.25, -0.2) is 0 Å². The van der Waals surface area contributed by atoms with Crippen LogP contribution in [-0.4, -0.2) is 5.91 Å². The topological polar surface area (TPSA) is 69.1 Å². The molecule has 5 heteroatoms. The van der Waals surface area contributed by atoms with Crippen LogP contribution in [0.5, 0.6) is 0 Å². The van der Waals surface area contributed by atoms with Crippen molar-refractivity contribution in [2.24, 2.45) is 11.5 Å². The molecule has 0 spiro atoms. The average Bonchev–Trinajstić information content (AvgIpc) is 2.33. The Kier molecular flexibility index (Phi) is 3.25. The number of carbonyl (C=O) groups is 1. The number of hydrogen-bond acceptors (Lipinski definition) is 3. The molecule has 0 bridgehead atoms. The highest BCUT2D eigenvalue weighted by atomic mass is 79.9. The van der Waals surface area contributed by atoms with Gasteiger partial charge < -0.3 is 11.5 Å². The Labute approximate surface area is 82.9 Å². The molecule has 0 aliphatic rings. The van der Waals surface area contributed by atoms with E-state index in [4.69, 9.17) is 11.5 Å². The average molecular weight is 249 g/mol. The molecule has 0 fully saturated rings.